The molecule has 0 unspecified atom stereocenters. The largest absolute Gasteiger partial charge is 0.347 e. The first kappa shape index (κ1) is 19.3. The van der Waals surface area contributed by atoms with Crippen LogP contribution in [0.4, 0.5) is 5.69 Å². The summed E-state index contributed by atoms with van der Waals surface area (Å²) in [5, 5.41) is 1.04. The predicted molar refractivity (Wildman–Crippen MR) is 128 cm³/mol. The number of aryl methyl sites for hydroxylation is 1. The number of ketones is 1. The van der Waals surface area contributed by atoms with E-state index in [0.717, 1.165) is 15.6 Å². The number of benzene rings is 2. The fourth-order valence-corrected chi connectivity index (χ4v) is 5.90. The molecule has 0 fully saturated rings. The molecule has 1 aliphatic carbocycles. The molecule has 2 heterocycles. The molecule has 0 bridgehead atoms. The highest BCUT2D eigenvalue weighted by molar-refractivity contribution is 7.85. The number of thiol groups is 1. The Bertz CT molecular complexity index is 1320. The van der Waals surface area contributed by atoms with Crippen LogP contribution >= 0.6 is 24.0 Å². The van der Waals surface area contributed by atoms with E-state index in [1.165, 1.54) is 21.5 Å². The lowest BCUT2D eigenvalue weighted by atomic mass is 9.81. The number of rotatable bonds is 2. The first-order valence-corrected chi connectivity index (χ1v) is 11.2. The Morgan fingerprint density at radius 3 is 2.47 bits per heavy atom. The van der Waals surface area contributed by atoms with Gasteiger partial charge in [0.15, 0.2) is 5.78 Å². The third-order valence-corrected chi connectivity index (χ3v) is 7.91. The van der Waals surface area contributed by atoms with Crippen LogP contribution in [0.15, 0.2) is 76.4 Å². The number of likely N-dealkylation sites (N-methyl/N-ethyl adjacent to an activating group) is 1. The summed E-state index contributed by atoms with van der Waals surface area (Å²) >= 11 is 6.39. The summed E-state index contributed by atoms with van der Waals surface area (Å²) in [6.07, 6.45) is 3.99. The van der Waals surface area contributed by atoms with Gasteiger partial charge >= 0.3 is 0 Å². The average Bonchev–Trinajstić information content (AvgIpc) is 3.16. The Hall–Kier alpha value is -2.63. The molecular formula is C25H23N2OS2+. The fourth-order valence-electron chi connectivity index (χ4n) is 4.48. The van der Waals surface area contributed by atoms with Crippen LogP contribution in [-0.2, 0) is 17.3 Å². The van der Waals surface area contributed by atoms with Crippen LogP contribution in [0.25, 0.3) is 16.3 Å². The van der Waals surface area contributed by atoms with Crippen molar-refractivity contribution >= 4 is 51.7 Å². The topological polar surface area (TPSA) is 24.2 Å². The van der Waals surface area contributed by atoms with Crippen molar-refractivity contribution in [3.63, 3.8) is 0 Å². The second-order valence-electron chi connectivity index (χ2n) is 8.35. The second kappa shape index (κ2) is 6.69. The van der Waals surface area contributed by atoms with E-state index in [-0.39, 0.29) is 11.2 Å². The Labute approximate surface area is 186 Å². The highest BCUT2D eigenvalue weighted by Crippen LogP contribution is 2.48. The number of fused-ring (bicyclic) bond motifs is 2. The van der Waals surface area contributed by atoms with Gasteiger partial charge in [-0.3, -0.25) is 4.79 Å². The van der Waals surface area contributed by atoms with Crippen molar-refractivity contribution in [3.8, 4) is 0 Å². The van der Waals surface area contributed by atoms with Crippen LogP contribution in [0.5, 0.6) is 0 Å². The van der Waals surface area contributed by atoms with E-state index in [1.54, 1.807) is 11.3 Å². The summed E-state index contributed by atoms with van der Waals surface area (Å²) in [4.78, 5) is 16.0. The highest BCUT2D eigenvalue weighted by atomic mass is 32.1. The number of nitrogens with zero attached hydrogens (tertiary/aromatic N) is 2. The summed E-state index contributed by atoms with van der Waals surface area (Å²) in [7, 11) is 4.10. The van der Waals surface area contributed by atoms with Gasteiger partial charge < -0.3 is 4.90 Å². The summed E-state index contributed by atoms with van der Waals surface area (Å²) in [6, 6.07) is 16.7. The van der Waals surface area contributed by atoms with E-state index in [1.807, 2.05) is 31.3 Å². The molecular weight excluding hydrogens is 408 g/mol. The number of carbonyl (C=O) groups excluding carboxylic acids is 1. The monoisotopic (exact) mass is 431 g/mol. The molecule has 1 aliphatic heterocycles. The van der Waals surface area contributed by atoms with Gasteiger partial charge in [-0.25, -0.2) is 0 Å². The zero-order chi connectivity index (χ0) is 21.2. The summed E-state index contributed by atoms with van der Waals surface area (Å²) in [5.74, 6) is 0.0603. The molecule has 3 nitrogen and oxygen atoms in total. The van der Waals surface area contributed by atoms with E-state index in [0.29, 0.717) is 11.1 Å². The summed E-state index contributed by atoms with van der Waals surface area (Å²) in [5.41, 5.74) is 5.96. The van der Waals surface area contributed by atoms with Crippen LogP contribution < -0.4 is 9.47 Å². The van der Waals surface area contributed by atoms with Crippen molar-refractivity contribution in [3.05, 3.63) is 86.9 Å². The van der Waals surface area contributed by atoms with E-state index < -0.39 is 0 Å². The van der Waals surface area contributed by atoms with Gasteiger partial charge in [0, 0.05) is 52.0 Å². The van der Waals surface area contributed by atoms with E-state index >= 15 is 0 Å². The normalized spacial score (nSPS) is 20.4. The number of aromatic nitrogens is 1. The van der Waals surface area contributed by atoms with Gasteiger partial charge in [-0.2, -0.15) is 4.57 Å². The molecule has 30 heavy (non-hydrogen) atoms. The average molecular weight is 432 g/mol. The van der Waals surface area contributed by atoms with Crippen molar-refractivity contribution < 1.29 is 9.36 Å². The first-order chi connectivity index (χ1) is 14.3. The molecule has 2 aliphatic rings. The number of hydrogen-bond acceptors (Lipinski definition) is 4. The molecule has 5 rings (SSSR count). The van der Waals surface area contributed by atoms with E-state index in [2.05, 4.69) is 66.8 Å². The molecule has 0 amide bonds. The minimum atomic E-state index is -0.163. The van der Waals surface area contributed by atoms with Crippen molar-refractivity contribution in [2.24, 2.45) is 7.05 Å². The van der Waals surface area contributed by atoms with Crippen molar-refractivity contribution in [2.75, 3.05) is 11.9 Å². The number of para-hydroxylation sites is 2. The zero-order valence-electron chi connectivity index (χ0n) is 17.4. The van der Waals surface area contributed by atoms with Gasteiger partial charge in [0.25, 0.3) is 5.01 Å². The SMILES string of the molecule is CN1/C(=C/C2=C(S)C(=C/c3sc4ccccc4[n+]3C)/C2=O)C(C)(C)c2ccccc21. The molecule has 2 aromatic carbocycles. The Balaban J connectivity index is 1.55. The van der Waals surface area contributed by atoms with Crippen LogP contribution in [0.3, 0.4) is 0 Å². The lowest BCUT2D eigenvalue weighted by molar-refractivity contribution is -0.642. The molecule has 0 saturated carbocycles. The molecule has 0 N–H and O–H groups in total. The fraction of sp³-hybridized carbons (Fsp3) is 0.200. The first-order valence-electron chi connectivity index (χ1n) is 9.93. The number of allylic oxidation sites excluding steroid dienone is 4. The minimum Gasteiger partial charge on any atom is -0.347 e. The minimum absolute atomic E-state index is 0.0603. The number of hydrogen-bond donors (Lipinski definition) is 1. The summed E-state index contributed by atoms with van der Waals surface area (Å²) < 4.78 is 3.33. The molecule has 150 valence electrons. The third kappa shape index (κ3) is 2.65. The van der Waals surface area contributed by atoms with Crippen molar-refractivity contribution in [1.82, 2.24) is 0 Å². The van der Waals surface area contributed by atoms with Gasteiger partial charge in [0.1, 0.15) is 11.7 Å². The Morgan fingerprint density at radius 1 is 1.07 bits per heavy atom. The molecule has 3 aromatic rings. The van der Waals surface area contributed by atoms with Gasteiger partial charge in [-0.05, 0) is 23.8 Å². The van der Waals surface area contributed by atoms with Crippen LogP contribution in [0.1, 0.15) is 24.4 Å². The number of anilines is 1. The van der Waals surface area contributed by atoms with Crippen LogP contribution in [-0.4, -0.2) is 12.8 Å². The van der Waals surface area contributed by atoms with Gasteiger partial charge in [-0.15, -0.1) is 12.6 Å². The number of thiazole rings is 1. The quantitative estimate of drug-likeness (QED) is 0.343. The molecule has 1 aromatic heterocycles. The maximum absolute atomic E-state index is 13.0. The number of carbonyl (C=O) groups is 1. The van der Waals surface area contributed by atoms with Gasteiger partial charge in [0.05, 0.1) is 0 Å². The van der Waals surface area contributed by atoms with E-state index in [9.17, 15) is 4.79 Å². The third-order valence-electron chi connectivity index (χ3n) is 6.26. The van der Waals surface area contributed by atoms with Crippen LogP contribution in [0, 0.1) is 0 Å². The molecule has 0 radical (unpaired) electrons. The Morgan fingerprint density at radius 2 is 1.77 bits per heavy atom. The maximum Gasteiger partial charge on any atom is 0.263 e. The molecule has 0 atom stereocenters. The van der Waals surface area contributed by atoms with Crippen molar-refractivity contribution in [1.29, 1.82) is 0 Å². The number of Topliss-reactive ketones (excluding diaryl/α,β-unsaturated/α-hetero) is 1. The molecule has 5 heteroatoms. The van der Waals surface area contributed by atoms with Gasteiger partial charge in [-0.1, -0.05) is 55.5 Å². The molecule has 0 saturated heterocycles. The predicted octanol–water partition coefficient (Wildman–Crippen LogP) is 5.19. The summed E-state index contributed by atoms with van der Waals surface area (Å²) in [6.45, 7) is 4.41. The van der Waals surface area contributed by atoms with Crippen LogP contribution in [0.2, 0.25) is 0 Å². The zero-order valence-corrected chi connectivity index (χ0v) is 19.1. The molecule has 0 spiro atoms. The Kier molecular flexibility index (Phi) is 4.31. The highest BCUT2D eigenvalue weighted by Gasteiger charge is 2.40. The lowest BCUT2D eigenvalue weighted by Gasteiger charge is -2.27. The second-order valence-corrected chi connectivity index (χ2v) is 9.86. The lowest BCUT2D eigenvalue weighted by Crippen LogP contribution is -2.30. The van der Waals surface area contributed by atoms with Crippen molar-refractivity contribution in [2.45, 2.75) is 19.3 Å². The maximum atomic E-state index is 13.0. The van der Waals surface area contributed by atoms with E-state index in [4.69, 9.17) is 12.6 Å². The van der Waals surface area contributed by atoms with Gasteiger partial charge in [0.2, 0.25) is 5.52 Å². The standard InChI is InChI=1S/C25H22N2OS2/c1-25(2)17-9-5-6-10-18(17)26(3)21(25)13-15-23(28)16(24(15)29)14-22-27(4)19-11-7-8-12-20(19)30-22/h5-14H,1-4H3/p+1. The smallest absolute Gasteiger partial charge is 0.263 e.